The zero-order valence-corrected chi connectivity index (χ0v) is 11.0. The van der Waals surface area contributed by atoms with Gasteiger partial charge in [-0.05, 0) is 37.7 Å². The van der Waals surface area contributed by atoms with E-state index in [1.807, 2.05) is 19.2 Å². The number of aliphatic hydroxyl groups excluding tert-OH is 2. The highest BCUT2D eigenvalue weighted by Crippen LogP contribution is 2.26. The molecule has 1 aromatic carbocycles. The van der Waals surface area contributed by atoms with Crippen LogP contribution in [0.5, 0.6) is 5.75 Å². The lowest BCUT2D eigenvalue weighted by Crippen LogP contribution is -2.11. The van der Waals surface area contributed by atoms with Crippen LogP contribution in [0.3, 0.4) is 0 Å². The number of methoxy groups -OCH3 is 1. The standard InChI is InChI=1S/C12H19NO3.ClH/c1-13-4-3-9-5-10(7-14)12(16-2)11(6-9)8-15;/h5-6,13-15H,3-4,7-8H2,1-2H3;1H. The number of ether oxygens (including phenoxy) is 1. The van der Waals surface area contributed by atoms with Gasteiger partial charge in [-0.15, -0.1) is 12.4 Å². The van der Waals surface area contributed by atoms with Gasteiger partial charge in [0.05, 0.1) is 20.3 Å². The highest BCUT2D eigenvalue weighted by molar-refractivity contribution is 5.85. The van der Waals surface area contributed by atoms with E-state index >= 15 is 0 Å². The maximum atomic E-state index is 9.24. The Morgan fingerprint density at radius 3 is 2.06 bits per heavy atom. The molecule has 0 fully saturated rings. The topological polar surface area (TPSA) is 61.7 Å². The average Bonchev–Trinajstić information content (AvgIpc) is 2.34. The van der Waals surface area contributed by atoms with Gasteiger partial charge in [0.25, 0.3) is 0 Å². The fraction of sp³-hybridized carbons (Fsp3) is 0.500. The summed E-state index contributed by atoms with van der Waals surface area (Å²) in [4.78, 5) is 0. The number of nitrogens with one attached hydrogen (secondary N) is 1. The third-order valence-corrected chi connectivity index (χ3v) is 2.51. The minimum absolute atomic E-state index is 0. The molecule has 1 rings (SSSR count). The lowest BCUT2D eigenvalue weighted by atomic mass is 10.0. The SMILES string of the molecule is CNCCc1cc(CO)c(OC)c(CO)c1.Cl. The average molecular weight is 262 g/mol. The van der Waals surface area contributed by atoms with Crippen molar-refractivity contribution in [1.82, 2.24) is 5.32 Å². The summed E-state index contributed by atoms with van der Waals surface area (Å²) in [5.41, 5.74) is 2.53. The second-order valence-corrected chi connectivity index (χ2v) is 3.62. The molecule has 3 N–H and O–H groups in total. The monoisotopic (exact) mass is 261 g/mol. The predicted octanol–water partition coefficient (Wildman–Crippen LogP) is 0.863. The Morgan fingerprint density at radius 2 is 1.71 bits per heavy atom. The Morgan fingerprint density at radius 1 is 1.18 bits per heavy atom. The normalized spacial score (nSPS) is 9.88. The smallest absolute Gasteiger partial charge is 0.129 e. The molecule has 98 valence electrons. The lowest BCUT2D eigenvalue weighted by Gasteiger charge is -2.13. The molecule has 0 amide bonds. The molecule has 0 radical (unpaired) electrons. The Balaban J connectivity index is 0.00000256. The summed E-state index contributed by atoms with van der Waals surface area (Å²) in [6.07, 6.45) is 0.862. The predicted molar refractivity (Wildman–Crippen MR) is 69.7 cm³/mol. The van der Waals surface area contributed by atoms with Gasteiger partial charge < -0.3 is 20.3 Å². The van der Waals surface area contributed by atoms with Crippen LogP contribution >= 0.6 is 12.4 Å². The van der Waals surface area contributed by atoms with Crippen LogP contribution in [0.15, 0.2) is 12.1 Å². The van der Waals surface area contributed by atoms with Crippen molar-refractivity contribution in [3.63, 3.8) is 0 Å². The molecule has 0 aromatic heterocycles. The fourth-order valence-corrected chi connectivity index (χ4v) is 1.74. The van der Waals surface area contributed by atoms with Crippen molar-refractivity contribution in [2.45, 2.75) is 19.6 Å². The minimum Gasteiger partial charge on any atom is -0.496 e. The van der Waals surface area contributed by atoms with E-state index in [1.54, 1.807) is 7.11 Å². The summed E-state index contributed by atoms with van der Waals surface area (Å²) in [7, 11) is 3.43. The molecule has 0 saturated heterocycles. The molecular weight excluding hydrogens is 242 g/mol. The molecule has 1 aromatic rings. The van der Waals surface area contributed by atoms with Crippen molar-refractivity contribution in [2.24, 2.45) is 0 Å². The summed E-state index contributed by atoms with van der Waals surface area (Å²) in [5.74, 6) is 0.582. The number of likely N-dealkylation sites (N-methyl/N-ethyl adjacent to an activating group) is 1. The van der Waals surface area contributed by atoms with Crippen molar-refractivity contribution < 1.29 is 14.9 Å². The molecule has 5 heteroatoms. The first-order valence-electron chi connectivity index (χ1n) is 5.31. The molecule has 4 nitrogen and oxygen atoms in total. The summed E-state index contributed by atoms with van der Waals surface area (Å²) in [5, 5.41) is 21.5. The quantitative estimate of drug-likeness (QED) is 0.711. The van der Waals surface area contributed by atoms with Crippen LogP contribution in [0.2, 0.25) is 0 Å². The molecular formula is C12H20ClNO3. The zero-order valence-electron chi connectivity index (χ0n) is 10.2. The Hall–Kier alpha value is -0.810. The third-order valence-electron chi connectivity index (χ3n) is 2.51. The highest BCUT2D eigenvalue weighted by atomic mass is 35.5. The molecule has 0 heterocycles. The van der Waals surface area contributed by atoms with E-state index in [-0.39, 0.29) is 25.6 Å². The van der Waals surface area contributed by atoms with Crippen molar-refractivity contribution >= 4 is 12.4 Å². The van der Waals surface area contributed by atoms with E-state index in [9.17, 15) is 10.2 Å². The summed E-state index contributed by atoms with van der Waals surface area (Å²) >= 11 is 0. The molecule has 0 spiro atoms. The fourth-order valence-electron chi connectivity index (χ4n) is 1.74. The maximum Gasteiger partial charge on any atom is 0.129 e. The van der Waals surface area contributed by atoms with Gasteiger partial charge in [0.1, 0.15) is 5.75 Å². The van der Waals surface area contributed by atoms with Crippen LogP contribution in [0.1, 0.15) is 16.7 Å². The molecule has 0 bridgehead atoms. The van der Waals surface area contributed by atoms with E-state index < -0.39 is 0 Å². The van der Waals surface area contributed by atoms with Crippen LogP contribution in [-0.2, 0) is 19.6 Å². The molecule has 0 aliphatic carbocycles. The molecule has 17 heavy (non-hydrogen) atoms. The number of benzene rings is 1. The van der Waals surface area contributed by atoms with Gasteiger partial charge in [0, 0.05) is 11.1 Å². The van der Waals surface area contributed by atoms with Gasteiger partial charge in [0.2, 0.25) is 0 Å². The van der Waals surface area contributed by atoms with Gasteiger partial charge in [-0.25, -0.2) is 0 Å². The second kappa shape index (κ2) is 8.31. The van der Waals surface area contributed by atoms with Crippen LogP contribution in [0.25, 0.3) is 0 Å². The van der Waals surface area contributed by atoms with Gasteiger partial charge in [-0.1, -0.05) is 0 Å². The molecule has 0 saturated carbocycles. The Kier molecular flexibility index (Phi) is 7.91. The number of halogens is 1. The number of hydrogen-bond acceptors (Lipinski definition) is 4. The van der Waals surface area contributed by atoms with Gasteiger partial charge in [0.15, 0.2) is 0 Å². The zero-order chi connectivity index (χ0) is 12.0. The molecule has 0 unspecified atom stereocenters. The van der Waals surface area contributed by atoms with Gasteiger partial charge >= 0.3 is 0 Å². The first-order chi connectivity index (χ1) is 7.76. The van der Waals surface area contributed by atoms with Crippen molar-refractivity contribution in [2.75, 3.05) is 20.7 Å². The van der Waals surface area contributed by atoms with E-state index in [1.165, 1.54) is 0 Å². The summed E-state index contributed by atoms with van der Waals surface area (Å²) < 4.78 is 5.18. The van der Waals surface area contributed by atoms with Crippen LogP contribution in [0.4, 0.5) is 0 Å². The lowest BCUT2D eigenvalue weighted by molar-refractivity contribution is 0.260. The first-order valence-corrected chi connectivity index (χ1v) is 5.31. The van der Waals surface area contributed by atoms with Gasteiger partial charge in [-0.2, -0.15) is 0 Å². The number of aliphatic hydroxyl groups is 2. The highest BCUT2D eigenvalue weighted by Gasteiger charge is 2.10. The van der Waals surface area contributed by atoms with Crippen molar-refractivity contribution in [3.05, 3.63) is 28.8 Å². The molecule has 0 atom stereocenters. The summed E-state index contributed by atoms with van der Waals surface area (Å²) in [6.45, 7) is 0.704. The molecule has 0 aliphatic rings. The second-order valence-electron chi connectivity index (χ2n) is 3.62. The number of hydrogen-bond donors (Lipinski definition) is 3. The van der Waals surface area contributed by atoms with E-state index in [2.05, 4.69) is 5.32 Å². The first kappa shape index (κ1) is 16.2. The largest absolute Gasteiger partial charge is 0.496 e. The van der Waals surface area contributed by atoms with Gasteiger partial charge in [-0.3, -0.25) is 0 Å². The van der Waals surface area contributed by atoms with Crippen LogP contribution < -0.4 is 10.1 Å². The molecule has 0 aliphatic heterocycles. The van der Waals surface area contributed by atoms with Crippen molar-refractivity contribution in [3.8, 4) is 5.75 Å². The number of rotatable bonds is 6. The Labute approximate surface area is 108 Å². The van der Waals surface area contributed by atoms with E-state index in [0.717, 1.165) is 29.7 Å². The Bertz CT molecular complexity index is 320. The summed E-state index contributed by atoms with van der Waals surface area (Å²) in [6, 6.07) is 3.82. The third kappa shape index (κ3) is 4.16. The van der Waals surface area contributed by atoms with Crippen LogP contribution in [-0.4, -0.2) is 30.9 Å². The minimum atomic E-state index is -0.0798. The van der Waals surface area contributed by atoms with E-state index in [4.69, 9.17) is 4.74 Å². The van der Waals surface area contributed by atoms with Crippen molar-refractivity contribution in [1.29, 1.82) is 0 Å². The van der Waals surface area contributed by atoms with Crippen LogP contribution in [0, 0.1) is 0 Å². The maximum absolute atomic E-state index is 9.24. The van der Waals surface area contributed by atoms with E-state index in [0.29, 0.717) is 5.75 Å².